The number of hydrogen-bond donors (Lipinski definition) is 0. The summed E-state index contributed by atoms with van der Waals surface area (Å²) in [5.74, 6) is 1.37. The number of rotatable bonds is 2. The molecule has 0 aromatic carbocycles. The van der Waals surface area contributed by atoms with Gasteiger partial charge in [-0.15, -0.1) is 0 Å². The first-order valence-corrected chi connectivity index (χ1v) is 5.01. The Kier molecular flexibility index (Phi) is 1.53. The topological polar surface area (TPSA) is 26.3 Å². The van der Waals surface area contributed by atoms with E-state index in [-0.39, 0.29) is 11.4 Å². The predicted octanol–water partition coefficient (Wildman–Crippen LogP) is 1.58. The molecule has 1 unspecified atom stereocenters. The second-order valence-corrected chi connectivity index (χ2v) is 4.22. The van der Waals surface area contributed by atoms with Crippen molar-refractivity contribution >= 4 is 21.9 Å². The van der Waals surface area contributed by atoms with Crippen LogP contribution in [0.15, 0.2) is 0 Å². The van der Waals surface area contributed by atoms with Crippen molar-refractivity contribution in [3.63, 3.8) is 0 Å². The molecule has 62 valence electrons. The summed E-state index contributed by atoms with van der Waals surface area (Å²) in [6, 6.07) is 0. The summed E-state index contributed by atoms with van der Waals surface area (Å²) in [4.78, 5) is 11.3. The highest BCUT2D eigenvalue weighted by molar-refractivity contribution is 9.09. The lowest BCUT2D eigenvalue weighted by Gasteiger charge is -2.65. The van der Waals surface area contributed by atoms with E-state index in [1.165, 1.54) is 7.11 Å². The van der Waals surface area contributed by atoms with E-state index in [1.807, 2.05) is 0 Å². The third kappa shape index (κ3) is 0.701. The van der Waals surface area contributed by atoms with Crippen LogP contribution in [0.25, 0.3) is 0 Å². The number of ether oxygens (including phenoxy) is 1. The van der Waals surface area contributed by atoms with Gasteiger partial charge < -0.3 is 4.74 Å². The van der Waals surface area contributed by atoms with Crippen molar-refractivity contribution in [2.45, 2.75) is 12.8 Å². The quantitative estimate of drug-likeness (QED) is 0.520. The lowest BCUT2D eigenvalue weighted by atomic mass is 9.38. The van der Waals surface area contributed by atoms with Gasteiger partial charge in [0, 0.05) is 5.33 Å². The van der Waals surface area contributed by atoms with Gasteiger partial charge in [0.25, 0.3) is 0 Å². The molecule has 0 saturated heterocycles. The minimum atomic E-state index is -0.0666. The molecule has 2 bridgehead atoms. The van der Waals surface area contributed by atoms with E-state index < -0.39 is 0 Å². The van der Waals surface area contributed by atoms with Gasteiger partial charge in [-0.3, -0.25) is 4.79 Å². The molecule has 2 nitrogen and oxygen atoms in total. The summed E-state index contributed by atoms with van der Waals surface area (Å²) < 4.78 is 4.77. The summed E-state index contributed by atoms with van der Waals surface area (Å²) in [7, 11) is 1.48. The number of methoxy groups -OCH3 is 1. The number of hydrogen-bond acceptors (Lipinski definition) is 2. The number of halogens is 1. The van der Waals surface area contributed by atoms with E-state index in [0.717, 1.165) is 24.1 Å². The van der Waals surface area contributed by atoms with Crippen LogP contribution in [0.4, 0.5) is 0 Å². The summed E-state index contributed by atoms with van der Waals surface area (Å²) in [6.45, 7) is 0. The fourth-order valence-electron chi connectivity index (χ4n) is 2.39. The lowest BCUT2D eigenvalue weighted by molar-refractivity contribution is -0.212. The maximum atomic E-state index is 11.3. The molecule has 0 aliphatic heterocycles. The SMILES string of the molecule is COC(=O)C12CC(C1)C2CBr. The monoisotopic (exact) mass is 218 g/mol. The van der Waals surface area contributed by atoms with E-state index in [2.05, 4.69) is 15.9 Å². The molecular weight excluding hydrogens is 208 g/mol. The Morgan fingerprint density at radius 1 is 1.73 bits per heavy atom. The molecule has 3 saturated carbocycles. The third-order valence-corrected chi connectivity index (χ3v) is 3.99. The number of alkyl halides is 1. The lowest BCUT2D eigenvalue weighted by Crippen LogP contribution is -2.66. The zero-order chi connectivity index (χ0) is 8.06. The Morgan fingerprint density at radius 3 is 2.64 bits per heavy atom. The Labute approximate surface area is 74.4 Å². The van der Waals surface area contributed by atoms with Crippen LogP contribution >= 0.6 is 15.9 Å². The smallest absolute Gasteiger partial charge is 0.312 e. The maximum Gasteiger partial charge on any atom is 0.312 e. The third-order valence-electron chi connectivity index (χ3n) is 3.29. The van der Waals surface area contributed by atoms with Crippen LogP contribution in [-0.4, -0.2) is 18.4 Å². The normalized spacial score (nSPS) is 45.6. The summed E-state index contributed by atoms with van der Waals surface area (Å²) >= 11 is 3.42. The second kappa shape index (κ2) is 2.22. The van der Waals surface area contributed by atoms with Crippen molar-refractivity contribution in [2.75, 3.05) is 12.4 Å². The fraction of sp³-hybridized carbons (Fsp3) is 0.875. The molecule has 3 aliphatic rings. The molecular formula is C8H11BrO2. The number of carbonyl (C=O) groups excluding carboxylic acids is 1. The highest BCUT2D eigenvalue weighted by Crippen LogP contribution is 2.69. The Balaban J connectivity index is 2.07. The zero-order valence-corrected chi connectivity index (χ0v) is 8.06. The van der Waals surface area contributed by atoms with Crippen molar-refractivity contribution in [1.29, 1.82) is 0 Å². The van der Waals surface area contributed by atoms with E-state index in [4.69, 9.17) is 4.74 Å². The molecule has 0 spiro atoms. The second-order valence-electron chi connectivity index (χ2n) is 3.58. The summed E-state index contributed by atoms with van der Waals surface area (Å²) in [5.41, 5.74) is -0.0666. The first-order chi connectivity index (χ1) is 5.24. The number of esters is 1. The predicted molar refractivity (Wildman–Crippen MR) is 44.5 cm³/mol. The van der Waals surface area contributed by atoms with Crippen LogP contribution in [-0.2, 0) is 9.53 Å². The van der Waals surface area contributed by atoms with Crippen LogP contribution in [0.3, 0.4) is 0 Å². The van der Waals surface area contributed by atoms with Gasteiger partial charge in [0.15, 0.2) is 0 Å². The van der Waals surface area contributed by atoms with E-state index in [9.17, 15) is 4.79 Å². The molecule has 0 aromatic heterocycles. The van der Waals surface area contributed by atoms with Gasteiger partial charge in [0.2, 0.25) is 0 Å². The highest BCUT2D eigenvalue weighted by Gasteiger charge is 2.69. The van der Waals surface area contributed by atoms with Gasteiger partial charge in [-0.05, 0) is 24.7 Å². The molecule has 3 fully saturated rings. The van der Waals surface area contributed by atoms with Gasteiger partial charge in [0.1, 0.15) is 0 Å². The van der Waals surface area contributed by atoms with Crippen LogP contribution in [0.1, 0.15) is 12.8 Å². The molecule has 0 amide bonds. The molecule has 11 heavy (non-hydrogen) atoms. The fourth-order valence-corrected chi connectivity index (χ4v) is 3.54. The van der Waals surface area contributed by atoms with Crippen molar-refractivity contribution in [2.24, 2.45) is 17.3 Å². The molecule has 3 aliphatic carbocycles. The molecule has 0 heterocycles. The van der Waals surface area contributed by atoms with Crippen LogP contribution in [0.5, 0.6) is 0 Å². The van der Waals surface area contributed by atoms with Crippen molar-refractivity contribution in [1.82, 2.24) is 0 Å². The van der Waals surface area contributed by atoms with Gasteiger partial charge in [-0.25, -0.2) is 0 Å². The standard InChI is InChI=1S/C8H11BrO2/c1-11-7(10)8-2-5(3-8)6(8)4-9/h5-6H,2-4H2,1H3. The minimum Gasteiger partial charge on any atom is -0.469 e. The Morgan fingerprint density at radius 2 is 2.36 bits per heavy atom. The van der Waals surface area contributed by atoms with Gasteiger partial charge in [0.05, 0.1) is 12.5 Å². The van der Waals surface area contributed by atoms with Gasteiger partial charge in [-0.2, -0.15) is 0 Å². The van der Waals surface area contributed by atoms with Crippen LogP contribution in [0.2, 0.25) is 0 Å². The average molecular weight is 219 g/mol. The summed E-state index contributed by atoms with van der Waals surface area (Å²) in [6.07, 6.45) is 2.13. The zero-order valence-electron chi connectivity index (χ0n) is 6.47. The van der Waals surface area contributed by atoms with Gasteiger partial charge >= 0.3 is 5.97 Å². The average Bonchev–Trinajstić information content (AvgIpc) is 1.83. The van der Waals surface area contributed by atoms with Crippen molar-refractivity contribution < 1.29 is 9.53 Å². The molecule has 1 atom stereocenters. The maximum absolute atomic E-state index is 11.3. The first-order valence-electron chi connectivity index (χ1n) is 3.89. The number of carbonyl (C=O) groups is 1. The molecule has 0 N–H and O–H groups in total. The van der Waals surface area contributed by atoms with Crippen molar-refractivity contribution in [3.05, 3.63) is 0 Å². The molecule has 3 heteroatoms. The highest BCUT2D eigenvalue weighted by atomic mass is 79.9. The van der Waals surface area contributed by atoms with Crippen LogP contribution < -0.4 is 0 Å². The summed E-state index contributed by atoms with van der Waals surface area (Å²) in [5, 5.41) is 0.951. The minimum absolute atomic E-state index is 0.00412. The molecule has 0 aromatic rings. The first kappa shape index (κ1) is 7.59. The molecule has 3 rings (SSSR count). The van der Waals surface area contributed by atoms with Crippen molar-refractivity contribution in [3.8, 4) is 0 Å². The van der Waals surface area contributed by atoms with Crippen LogP contribution in [0, 0.1) is 17.3 Å². The Bertz CT molecular complexity index is 196. The molecule has 0 radical (unpaired) electrons. The van der Waals surface area contributed by atoms with Gasteiger partial charge in [-0.1, -0.05) is 15.9 Å². The van der Waals surface area contributed by atoms with E-state index in [0.29, 0.717) is 5.92 Å². The van der Waals surface area contributed by atoms with E-state index >= 15 is 0 Å². The van der Waals surface area contributed by atoms with E-state index in [1.54, 1.807) is 0 Å². The Hall–Kier alpha value is -0.0500. The largest absolute Gasteiger partial charge is 0.469 e.